The van der Waals surface area contributed by atoms with Crippen LogP contribution in [0.5, 0.6) is 0 Å². The van der Waals surface area contributed by atoms with Gasteiger partial charge in [0, 0.05) is 12.0 Å². The molecule has 10 heteroatoms. The maximum atomic E-state index is 14.7. The maximum absolute atomic E-state index is 14.7. The molecule has 1 aliphatic rings. The highest BCUT2D eigenvalue weighted by molar-refractivity contribution is 7.98. The average molecular weight is 424 g/mol. The highest BCUT2D eigenvalue weighted by Crippen LogP contribution is 2.43. The Kier molecular flexibility index (Phi) is 5.95. The van der Waals surface area contributed by atoms with Gasteiger partial charge >= 0.3 is 0 Å². The highest BCUT2D eigenvalue weighted by atomic mass is 32.2. The lowest BCUT2D eigenvalue weighted by Crippen LogP contribution is -2.45. The van der Waals surface area contributed by atoms with Gasteiger partial charge in [-0.15, -0.1) is 11.8 Å². The number of nitrogens with two attached hydrogens (primary N) is 1. The van der Waals surface area contributed by atoms with Crippen molar-refractivity contribution in [2.45, 2.75) is 29.8 Å². The first kappa shape index (κ1) is 21.3. The fraction of sp³-hybridized carbons (Fsp3) is 0.368. The van der Waals surface area contributed by atoms with Gasteiger partial charge < -0.3 is 10.5 Å². The van der Waals surface area contributed by atoms with Crippen molar-refractivity contribution in [2.24, 2.45) is 10.7 Å². The third-order valence-electron chi connectivity index (χ3n) is 4.66. The van der Waals surface area contributed by atoms with E-state index >= 15 is 0 Å². The third kappa shape index (κ3) is 4.27. The first-order valence-corrected chi connectivity index (χ1v) is 9.86. The zero-order chi connectivity index (χ0) is 21.2. The smallest absolute Gasteiger partial charge is 0.299 e. The molecular formula is C19H19F3N4O2S. The predicted molar refractivity (Wildman–Crippen MR) is 103 cm³/mol. The van der Waals surface area contributed by atoms with Gasteiger partial charge in [0.15, 0.2) is 11.3 Å². The number of aromatic nitrogens is 2. The number of ether oxygens (including phenoxy) is 1. The number of aliphatic imine (C=N–C) groups is 1. The standard InChI is InChI=1S/C19H19F3N4O2S/c1-18(19(21,22)10-28-9-16(23)26-18)12-5-11(3-4-13(12)20)6-15(27)14-7-25-17(29-2)8-24-14/h3-5,7-8H,6,9-10H2,1-2H3,(H2,23,26)/t18-/m1/s1. The number of ketones is 1. The van der Waals surface area contributed by atoms with Crippen molar-refractivity contribution in [2.75, 3.05) is 19.5 Å². The Morgan fingerprint density at radius 2 is 2.07 bits per heavy atom. The second-order valence-corrected chi connectivity index (χ2v) is 7.56. The zero-order valence-corrected chi connectivity index (χ0v) is 16.6. The summed E-state index contributed by atoms with van der Waals surface area (Å²) in [6.07, 6.45) is 4.49. The number of rotatable bonds is 5. The van der Waals surface area contributed by atoms with E-state index in [-0.39, 0.29) is 35.9 Å². The molecule has 29 heavy (non-hydrogen) atoms. The number of Topliss-reactive ketones (excluding diaryl/α,β-unsaturated/α-hetero) is 1. The molecule has 0 fully saturated rings. The molecule has 0 saturated carbocycles. The van der Waals surface area contributed by atoms with Crippen LogP contribution in [0.25, 0.3) is 0 Å². The van der Waals surface area contributed by atoms with Crippen molar-refractivity contribution in [3.05, 3.63) is 53.2 Å². The minimum atomic E-state index is -3.50. The van der Waals surface area contributed by atoms with E-state index in [4.69, 9.17) is 10.5 Å². The minimum absolute atomic E-state index is 0.135. The lowest BCUT2D eigenvalue weighted by molar-refractivity contribution is -0.116. The van der Waals surface area contributed by atoms with E-state index in [0.29, 0.717) is 10.6 Å². The van der Waals surface area contributed by atoms with Crippen LogP contribution >= 0.6 is 11.8 Å². The van der Waals surface area contributed by atoms with Crippen molar-refractivity contribution in [3.63, 3.8) is 0 Å². The van der Waals surface area contributed by atoms with Gasteiger partial charge in [-0.1, -0.05) is 6.07 Å². The summed E-state index contributed by atoms with van der Waals surface area (Å²) >= 11 is 1.38. The Labute approximate surface area is 169 Å². The van der Waals surface area contributed by atoms with Gasteiger partial charge in [-0.2, -0.15) is 0 Å². The van der Waals surface area contributed by atoms with E-state index in [9.17, 15) is 18.0 Å². The molecule has 6 nitrogen and oxygen atoms in total. The van der Waals surface area contributed by atoms with Crippen LogP contribution in [-0.4, -0.2) is 47.0 Å². The summed E-state index contributed by atoms with van der Waals surface area (Å²) in [6, 6.07) is 3.62. The first-order chi connectivity index (χ1) is 13.7. The van der Waals surface area contributed by atoms with Gasteiger partial charge in [0.2, 0.25) is 0 Å². The van der Waals surface area contributed by atoms with Gasteiger partial charge in [-0.3, -0.25) is 9.79 Å². The summed E-state index contributed by atoms with van der Waals surface area (Å²) in [6.45, 7) is -0.117. The molecular weight excluding hydrogens is 405 g/mol. The summed E-state index contributed by atoms with van der Waals surface area (Å²) in [4.78, 5) is 24.5. The van der Waals surface area contributed by atoms with E-state index in [2.05, 4.69) is 15.0 Å². The molecule has 154 valence electrons. The van der Waals surface area contributed by atoms with Crippen LogP contribution in [0.1, 0.15) is 28.5 Å². The summed E-state index contributed by atoms with van der Waals surface area (Å²) in [5, 5.41) is 0.659. The molecule has 0 amide bonds. The number of benzene rings is 1. The Bertz CT molecular complexity index is 953. The Hall–Kier alpha value is -2.46. The van der Waals surface area contributed by atoms with Gasteiger partial charge in [-0.05, 0) is 30.9 Å². The Morgan fingerprint density at radius 1 is 1.31 bits per heavy atom. The lowest BCUT2D eigenvalue weighted by Gasteiger charge is -2.33. The van der Waals surface area contributed by atoms with Gasteiger partial charge in [-0.25, -0.2) is 23.1 Å². The molecule has 1 aromatic heterocycles. The molecule has 1 aromatic carbocycles. The number of halogens is 3. The van der Waals surface area contributed by atoms with Gasteiger partial charge in [0.1, 0.15) is 35.6 Å². The predicted octanol–water partition coefficient (Wildman–Crippen LogP) is 3.00. The molecule has 1 aliphatic heterocycles. The lowest BCUT2D eigenvalue weighted by atomic mass is 9.84. The summed E-state index contributed by atoms with van der Waals surface area (Å²) in [5.74, 6) is -4.90. The highest BCUT2D eigenvalue weighted by Gasteiger charge is 2.54. The molecule has 0 spiro atoms. The zero-order valence-electron chi connectivity index (χ0n) is 15.8. The van der Waals surface area contributed by atoms with Crippen molar-refractivity contribution in [1.82, 2.24) is 9.97 Å². The molecule has 0 radical (unpaired) electrons. The molecule has 0 aliphatic carbocycles. The molecule has 0 saturated heterocycles. The second-order valence-electron chi connectivity index (χ2n) is 6.73. The number of hydrogen-bond donors (Lipinski definition) is 1. The van der Waals surface area contributed by atoms with Crippen molar-refractivity contribution in [3.8, 4) is 0 Å². The van der Waals surface area contributed by atoms with E-state index in [1.54, 1.807) is 0 Å². The van der Waals surface area contributed by atoms with Crippen molar-refractivity contribution >= 4 is 23.4 Å². The molecule has 0 bridgehead atoms. The molecule has 2 heterocycles. The van der Waals surface area contributed by atoms with E-state index in [0.717, 1.165) is 13.0 Å². The third-order valence-corrected chi connectivity index (χ3v) is 5.28. The van der Waals surface area contributed by atoms with Crippen molar-refractivity contribution in [1.29, 1.82) is 0 Å². The largest absolute Gasteiger partial charge is 0.385 e. The van der Waals surface area contributed by atoms with Crippen LogP contribution in [-0.2, 0) is 16.7 Å². The number of amidine groups is 1. The van der Waals surface area contributed by atoms with Crippen LogP contribution in [0.3, 0.4) is 0 Å². The number of alkyl halides is 2. The number of thioether (sulfide) groups is 1. The minimum Gasteiger partial charge on any atom is -0.385 e. The molecule has 0 unspecified atom stereocenters. The summed E-state index contributed by atoms with van der Waals surface area (Å²) in [7, 11) is 0. The fourth-order valence-corrected chi connectivity index (χ4v) is 3.30. The van der Waals surface area contributed by atoms with E-state index in [1.807, 2.05) is 6.26 Å². The Balaban J connectivity index is 1.95. The van der Waals surface area contributed by atoms with Crippen LogP contribution in [0.2, 0.25) is 0 Å². The quantitative estimate of drug-likeness (QED) is 0.586. The SMILES string of the molecule is CSc1cnc(C(=O)Cc2ccc(F)c([C@@]3(C)N=C(N)COCC3(F)F)c2)cn1. The Morgan fingerprint density at radius 3 is 2.72 bits per heavy atom. The number of carbonyl (C=O) groups is 1. The van der Waals surface area contributed by atoms with Crippen LogP contribution in [0.4, 0.5) is 13.2 Å². The average Bonchev–Trinajstić information content (AvgIpc) is 2.78. The van der Waals surface area contributed by atoms with Crippen LogP contribution in [0, 0.1) is 5.82 Å². The fourth-order valence-electron chi connectivity index (χ4n) is 2.98. The van der Waals surface area contributed by atoms with Crippen LogP contribution in [0.15, 0.2) is 40.6 Å². The summed E-state index contributed by atoms with van der Waals surface area (Å²) in [5.41, 5.74) is 3.49. The number of carbonyl (C=O) groups excluding carboxylic acids is 1. The maximum Gasteiger partial charge on any atom is 0.299 e. The van der Waals surface area contributed by atoms with Gasteiger partial charge in [0.25, 0.3) is 5.92 Å². The normalized spacial score (nSPS) is 21.3. The summed E-state index contributed by atoms with van der Waals surface area (Å²) < 4.78 is 48.9. The van der Waals surface area contributed by atoms with Crippen molar-refractivity contribution < 1.29 is 22.7 Å². The van der Waals surface area contributed by atoms with E-state index in [1.165, 1.54) is 36.3 Å². The van der Waals surface area contributed by atoms with Crippen LogP contribution < -0.4 is 5.73 Å². The van der Waals surface area contributed by atoms with Gasteiger partial charge in [0.05, 0.1) is 12.4 Å². The topological polar surface area (TPSA) is 90.5 Å². The number of nitrogens with zero attached hydrogens (tertiary/aromatic N) is 3. The molecule has 3 rings (SSSR count). The molecule has 2 N–H and O–H groups in total. The second kappa shape index (κ2) is 8.11. The van der Waals surface area contributed by atoms with E-state index < -0.39 is 23.9 Å². The number of hydrogen-bond acceptors (Lipinski definition) is 7. The first-order valence-electron chi connectivity index (χ1n) is 8.64. The monoisotopic (exact) mass is 424 g/mol. The molecule has 1 atom stereocenters. The molecule has 2 aromatic rings.